The Balaban J connectivity index is 1.37. The molecule has 1 aromatic carbocycles. The Bertz CT molecular complexity index is 1060. The molecule has 1 atom stereocenters. The SMILES string of the molecule is CC1=C(CCC2=Cc3ccccc3C2)C2=CC3SC(C)=C(C)C3=C(Br)C2=C1. The van der Waals surface area contributed by atoms with Crippen molar-refractivity contribution in [2.24, 2.45) is 0 Å². The predicted octanol–water partition coefficient (Wildman–Crippen LogP) is 7.66. The van der Waals surface area contributed by atoms with Crippen molar-refractivity contribution in [2.45, 2.75) is 45.3 Å². The summed E-state index contributed by atoms with van der Waals surface area (Å²) in [4.78, 5) is 1.46. The van der Waals surface area contributed by atoms with Crippen LogP contribution in [0.3, 0.4) is 0 Å². The Kier molecular flexibility index (Phi) is 4.25. The van der Waals surface area contributed by atoms with E-state index in [9.17, 15) is 0 Å². The van der Waals surface area contributed by atoms with Crippen LogP contribution in [0.1, 0.15) is 44.7 Å². The molecule has 0 aromatic heterocycles. The van der Waals surface area contributed by atoms with Gasteiger partial charge in [0.15, 0.2) is 0 Å². The lowest BCUT2D eigenvalue weighted by Gasteiger charge is -2.23. The van der Waals surface area contributed by atoms with E-state index < -0.39 is 0 Å². The van der Waals surface area contributed by atoms with Crippen LogP contribution in [0.5, 0.6) is 0 Å². The molecule has 0 N–H and O–H groups in total. The molecule has 27 heavy (non-hydrogen) atoms. The summed E-state index contributed by atoms with van der Waals surface area (Å²) >= 11 is 5.95. The smallest absolute Gasteiger partial charge is 0.0544 e. The summed E-state index contributed by atoms with van der Waals surface area (Å²) in [6, 6.07) is 8.80. The molecule has 0 spiro atoms. The first-order valence-corrected chi connectivity index (χ1v) is 11.4. The fourth-order valence-corrected chi connectivity index (χ4v) is 7.01. The number of thioether (sulfide) groups is 1. The monoisotopic (exact) mass is 434 g/mol. The minimum absolute atomic E-state index is 0.474. The van der Waals surface area contributed by atoms with Gasteiger partial charge in [0.05, 0.1) is 5.25 Å². The van der Waals surface area contributed by atoms with E-state index in [4.69, 9.17) is 0 Å². The minimum atomic E-state index is 0.474. The fourth-order valence-electron chi connectivity index (χ4n) is 4.70. The highest BCUT2D eigenvalue weighted by Gasteiger charge is 2.35. The first-order chi connectivity index (χ1) is 13.0. The average Bonchev–Trinajstić information content (AvgIpc) is 3.28. The zero-order chi connectivity index (χ0) is 18.7. The molecular weight excluding hydrogens is 412 g/mol. The summed E-state index contributed by atoms with van der Waals surface area (Å²) < 4.78 is 1.31. The molecular formula is C25H23BrS. The highest BCUT2D eigenvalue weighted by atomic mass is 79.9. The second-order valence-corrected chi connectivity index (χ2v) is 10.1. The highest BCUT2D eigenvalue weighted by molar-refractivity contribution is 9.12. The van der Waals surface area contributed by atoms with E-state index in [0.717, 1.165) is 19.3 Å². The van der Waals surface area contributed by atoms with Crippen molar-refractivity contribution in [1.82, 2.24) is 0 Å². The van der Waals surface area contributed by atoms with Crippen LogP contribution in [-0.4, -0.2) is 5.25 Å². The second-order valence-electron chi connectivity index (χ2n) is 7.93. The fraction of sp³-hybridized carbons (Fsp3) is 0.280. The molecule has 1 unspecified atom stereocenters. The van der Waals surface area contributed by atoms with Crippen molar-refractivity contribution in [1.29, 1.82) is 0 Å². The Morgan fingerprint density at radius 3 is 2.67 bits per heavy atom. The first-order valence-electron chi connectivity index (χ1n) is 9.69. The lowest BCUT2D eigenvalue weighted by atomic mass is 9.87. The molecule has 1 aliphatic heterocycles. The average molecular weight is 435 g/mol. The van der Waals surface area contributed by atoms with E-state index in [1.807, 2.05) is 11.8 Å². The van der Waals surface area contributed by atoms with Crippen molar-refractivity contribution in [3.05, 3.63) is 95.9 Å². The maximum atomic E-state index is 3.95. The number of fused-ring (bicyclic) bond motifs is 3. The van der Waals surface area contributed by atoms with Gasteiger partial charge in [-0.15, -0.1) is 11.8 Å². The molecule has 2 heteroatoms. The molecule has 0 nitrogen and oxygen atoms in total. The molecule has 0 amide bonds. The van der Waals surface area contributed by atoms with Gasteiger partial charge in [-0.05, 0) is 112 Å². The van der Waals surface area contributed by atoms with Crippen LogP contribution < -0.4 is 0 Å². The van der Waals surface area contributed by atoms with Crippen molar-refractivity contribution in [3.63, 3.8) is 0 Å². The summed E-state index contributed by atoms with van der Waals surface area (Å²) in [5.74, 6) is 0. The van der Waals surface area contributed by atoms with Crippen molar-refractivity contribution >= 4 is 33.8 Å². The molecule has 136 valence electrons. The van der Waals surface area contributed by atoms with Crippen molar-refractivity contribution < 1.29 is 0 Å². The Morgan fingerprint density at radius 1 is 1.04 bits per heavy atom. The number of benzene rings is 1. The normalized spacial score (nSPS) is 23.4. The van der Waals surface area contributed by atoms with Gasteiger partial charge in [-0.2, -0.15) is 0 Å². The summed E-state index contributed by atoms with van der Waals surface area (Å²) in [6.07, 6.45) is 10.7. The molecule has 0 saturated heterocycles. The largest absolute Gasteiger partial charge is 0.118 e. The standard InChI is InChI=1S/C25H23BrS/c1-14-10-22-21(13-23-24(25(22)26)15(2)16(3)27-23)20(14)9-8-17-11-18-6-4-5-7-19(18)12-17/h4-7,10-11,13,23H,8-9,12H2,1-3H3. The van der Waals surface area contributed by atoms with Gasteiger partial charge in [-0.1, -0.05) is 42.0 Å². The predicted molar refractivity (Wildman–Crippen MR) is 122 cm³/mol. The molecule has 0 bridgehead atoms. The van der Waals surface area contributed by atoms with Gasteiger partial charge in [-0.25, -0.2) is 0 Å². The van der Waals surface area contributed by atoms with Gasteiger partial charge >= 0.3 is 0 Å². The number of hydrogen-bond acceptors (Lipinski definition) is 1. The highest BCUT2D eigenvalue weighted by Crippen LogP contribution is 2.53. The molecule has 0 radical (unpaired) electrons. The third kappa shape index (κ3) is 2.80. The van der Waals surface area contributed by atoms with E-state index >= 15 is 0 Å². The van der Waals surface area contributed by atoms with Gasteiger partial charge in [0.2, 0.25) is 0 Å². The van der Waals surface area contributed by atoms with Gasteiger partial charge in [-0.3, -0.25) is 0 Å². The third-order valence-corrected chi connectivity index (χ3v) is 8.43. The zero-order valence-electron chi connectivity index (χ0n) is 16.0. The van der Waals surface area contributed by atoms with Gasteiger partial charge in [0.1, 0.15) is 0 Å². The van der Waals surface area contributed by atoms with E-state index in [-0.39, 0.29) is 0 Å². The lowest BCUT2D eigenvalue weighted by molar-refractivity contribution is 0.907. The maximum absolute atomic E-state index is 3.95. The van der Waals surface area contributed by atoms with E-state index in [1.165, 1.54) is 48.4 Å². The number of hydrogen-bond donors (Lipinski definition) is 0. The van der Waals surface area contributed by atoms with Gasteiger partial charge in [0, 0.05) is 4.48 Å². The first kappa shape index (κ1) is 17.6. The van der Waals surface area contributed by atoms with Crippen LogP contribution in [0.15, 0.2) is 84.8 Å². The summed E-state index contributed by atoms with van der Waals surface area (Å²) in [5, 5.41) is 0.474. The van der Waals surface area contributed by atoms with Crippen molar-refractivity contribution in [2.75, 3.05) is 0 Å². The van der Waals surface area contributed by atoms with Crippen LogP contribution in [-0.2, 0) is 6.42 Å². The molecule has 3 aliphatic carbocycles. The third-order valence-electron chi connectivity index (χ3n) is 6.29. The summed E-state index contributed by atoms with van der Waals surface area (Å²) in [5.41, 5.74) is 13.2. The van der Waals surface area contributed by atoms with Gasteiger partial charge in [0.25, 0.3) is 0 Å². The molecule has 4 aliphatic rings. The molecule has 1 aromatic rings. The van der Waals surface area contributed by atoms with Crippen LogP contribution in [0.25, 0.3) is 6.08 Å². The number of halogens is 1. The Hall–Kier alpha value is -1.51. The van der Waals surface area contributed by atoms with Gasteiger partial charge < -0.3 is 0 Å². The zero-order valence-corrected chi connectivity index (χ0v) is 18.4. The van der Waals surface area contributed by atoms with Crippen LogP contribution in [0.4, 0.5) is 0 Å². The maximum Gasteiger partial charge on any atom is 0.0544 e. The Morgan fingerprint density at radius 2 is 1.85 bits per heavy atom. The van der Waals surface area contributed by atoms with Crippen molar-refractivity contribution in [3.8, 4) is 0 Å². The van der Waals surface area contributed by atoms with E-state index in [0.29, 0.717) is 5.25 Å². The number of rotatable bonds is 3. The second kappa shape index (κ2) is 6.53. The molecule has 1 heterocycles. The number of allylic oxidation sites excluding steroid dienone is 9. The van der Waals surface area contributed by atoms with E-state index in [2.05, 4.69) is 79.2 Å². The summed E-state index contributed by atoms with van der Waals surface area (Å²) in [7, 11) is 0. The molecule has 5 rings (SSSR count). The Labute approximate surface area is 174 Å². The summed E-state index contributed by atoms with van der Waals surface area (Å²) in [6.45, 7) is 6.79. The quantitative estimate of drug-likeness (QED) is 0.470. The van der Waals surface area contributed by atoms with Crippen LogP contribution in [0, 0.1) is 0 Å². The minimum Gasteiger partial charge on any atom is -0.118 e. The van der Waals surface area contributed by atoms with E-state index in [1.54, 1.807) is 11.1 Å². The molecule has 0 saturated carbocycles. The molecule has 0 fully saturated rings. The van der Waals surface area contributed by atoms with Crippen LogP contribution >= 0.6 is 27.7 Å². The topological polar surface area (TPSA) is 0 Å². The lowest BCUT2D eigenvalue weighted by Crippen LogP contribution is -2.10. The van der Waals surface area contributed by atoms with Crippen LogP contribution in [0.2, 0.25) is 0 Å².